The van der Waals surface area contributed by atoms with Gasteiger partial charge < -0.3 is 14.7 Å². The zero-order valence-electron chi connectivity index (χ0n) is 27.2. The number of benzene rings is 3. The molecule has 4 heteroatoms. The first-order valence-corrected chi connectivity index (χ1v) is 16.7. The highest BCUT2D eigenvalue weighted by Gasteiger charge is 2.15. The Morgan fingerprint density at radius 1 is 0.628 bits per heavy atom. The fraction of sp³-hybridized carbons (Fsp3) is 0.513. The molecule has 0 saturated heterocycles. The molecule has 0 spiro atoms. The second kappa shape index (κ2) is 21.6. The Hall–Kier alpha value is -3.11. The lowest BCUT2D eigenvalue weighted by Crippen LogP contribution is -2.39. The zero-order valence-corrected chi connectivity index (χ0v) is 27.2. The maximum atomic E-state index is 11.7. The van der Waals surface area contributed by atoms with Crippen LogP contribution < -0.4 is 5.11 Å². The first-order chi connectivity index (χ1) is 20.8. The summed E-state index contributed by atoms with van der Waals surface area (Å²) < 4.78 is 1.11. The van der Waals surface area contributed by atoms with Gasteiger partial charge in [0.15, 0.2) is 0 Å². The van der Waals surface area contributed by atoms with Gasteiger partial charge in [-0.2, -0.15) is 0 Å². The second-order valence-electron chi connectivity index (χ2n) is 12.6. The molecule has 0 aliphatic carbocycles. The summed E-state index contributed by atoms with van der Waals surface area (Å²) in [5.74, 6) is -1.29. The van der Waals surface area contributed by atoms with Crippen LogP contribution in [-0.2, 0) is 13.0 Å². The van der Waals surface area contributed by atoms with Gasteiger partial charge in [-0.1, -0.05) is 157 Å². The molecule has 0 unspecified atom stereocenters. The van der Waals surface area contributed by atoms with Gasteiger partial charge in [-0.3, -0.25) is 0 Å². The smallest absolute Gasteiger partial charge is 0.335 e. The molecule has 1 N–H and O–H groups in total. The molecule has 0 radical (unpaired) electrons. The van der Waals surface area contributed by atoms with Crippen LogP contribution in [0.3, 0.4) is 0 Å². The highest BCUT2D eigenvalue weighted by atomic mass is 16.4. The standard InChI is InChI=1S/C25H46N.C14H12O3/c1-4-5-6-7-8-9-10-11-12-13-14-15-16-20-23-26(2,3)24-25-21-18-17-19-22-25;15-13-8-4-7-11(14(16)17)12(13)9-10-5-2-1-3-6-10/h17-19,21-22H,4-16,20,23-24H2,1-3H3;1-8,15H,9H2,(H,16,17)/q+1;/p-1. The molecule has 0 heterocycles. The Kier molecular flexibility index (Phi) is 18.1. The summed E-state index contributed by atoms with van der Waals surface area (Å²) in [4.78, 5) is 11.0. The monoisotopic (exact) mass is 587 g/mol. The molecule has 0 fully saturated rings. The minimum atomic E-state index is -1.06. The molecule has 0 aromatic heterocycles. The normalized spacial score (nSPS) is 11.1. The van der Waals surface area contributed by atoms with E-state index in [9.17, 15) is 9.90 Å². The lowest BCUT2D eigenvalue weighted by atomic mass is 9.99. The molecular formula is C39H57NO3. The SMILES string of the molecule is CCCCCCCCCCCCCCCC[N+](C)(C)Cc1ccccc1.O=C(O)c1cccc([O-])c1Cc1ccccc1. The van der Waals surface area contributed by atoms with Crippen molar-refractivity contribution in [3.05, 3.63) is 101 Å². The van der Waals surface area contributed by atoms with Crippen LogP contribution in [0.2, 0.25) is 0 Å². The van der Waals surface area contributed by atoms with Gasteiger partial charge in [0.05, 0.1) is 26.2 Å². The molecule has 0 aliphatic rings. The molecule has 0 atom stereocenters. The summed E-state index contributed by atoms with van der Waals surface area (Å²) >= 11 is 0. The van der Waals surface area contributed by atoms with Crippen LogP contribution in [0.4, 0.5) is 0 Å². The molecule has 3 aromatic carbocycles. The van der Waals surface area contributed by atoms with Crippen molar-refractivity contribution in [1.82, 2.24) is 0 Å². The van der Waals surface area contributed by atoms with E-state index in [2.05, 4.69) is 51.4 Å². The highest BCUT2D eigenvalue weighted by Crippen LogP contribution is 2.22. The molecule has 0 amide bonds. The van der Waals surface area contributed by atoms with E-state index in [0.717, 1.165) is 16.6 Å². The zero-order chi connectivity index (χ0) is 31.2. The largest absolute Gasteiger partial charge is 0.872 e. The average Bonchev–Trinajstić information content (AvgIpc) is 2.99. The Morgan fingerprint density at radius 3 is 1.58 bits per heavy atom. The maximum absolute atomic E-state index is 11.7. The van der Waals surface area contributed by atoms with E-state index < -0.39 is 5.97 Å². The lowest BCUT2D eigenvalue weighted by molar-refractivity contribution is -0.903. The molecule has 0 aliphatic heterocycles. The van der Waals surface area contributed by atoms with Crippen LogP contribution >= 0.6 is 0 Å². The van der Waals surface area contributed by atoms with E-state index in [4.69, 9.17) is 5.11 Å². The van der Waals surface area contributed by atoms with Crippen molar-refractivity contribution in [3.63, 3.8) is 0 Å². The van der Waals surface area contributed by atoms with Crippen molar-refractivity contribution in [2.24, 2.45) is 0 Å². The van der Waals surface area contributed by atoms with E-state index in [1.807, 2.05) is 30.3 Å². The van der Waals surface area contributed by atoms with Crippen LogP contribution in [0.1, 0.15) is 124 Å². The van der Waals surface area contributed by atoms with Crippen LogP contribution in [0.15, 0.2) is 78.9 Å². The number of carboxylic acid groups (broad SMARTS) is 1. The van der Waals surface area contributed by atoms with Crippen molar-refractivity contribution in [3.8, 4) is 5.75 Å². The number of aromatic carboxylic acids is 1. The number of quaternary nitrogens is 1. The van der Waals surface area contributed by atoms with Crippen molar-refractivity contribution in [2.45, 2.75) is 110 Å². The van der Waals surface area contributed by atoms with E-state index in [0.29, 0.717) is 12.0 Å². The van der Waals surface area contributed by atoms with Gasteiger partial charge in [-0.25, -0.2) is 4.79 Å². The van der Waals surface area contributed by atoms with Gasteiger partial charge in [0.1, 0.15) is 6.54 Å². The topological polar surface area (TPSA) is 60.4 Å². The molecule has 4 nitrogen and oxygen atoms in total. The number of hydrogen-bond acceptors (Lipinski definition) is 2. The number of carboxylic acids is 1. The van der Waals surface area contributed by atoms with Gasteiger partial charge >= 0.3 is 5.97 Å². The van der Waals surface area contributed by atoms with Gasteiger partial charge in [0, 0.05) is 5.56 Å². The third-order valence-corrected chi connectivity index (χ3v) is 8.16. The van der Waals surface area contributed by atoms with Gasteiger partial charge in [0.2, 0.25) is 0 Å². The van der Waals surface area contributed by atoms with Crippen molar-refractivity contribution < 1.29 is 19.5 Å². The average molecular weight is 588 g/mol. The highest BCUT2D eigenvalue weighted by molar-refractivity contribution is 5.90. The first-order valence-electron chi connectivity index (χ1n) is 16.7. The summed E-state index contributed by atoms with van der Waals surface area (Å²) in [5, 5.41) is 20.7. The molecule has 0 bridgehead atoms. The summed E-state index contributed by atoms with van der Waals surface area (Å²) in [7, 11) is 4.74. The molecule has 3 rings (SSSR count). The molecule has 236 valence electrons. The first kappa shape index (κ1) is 36.1. The number of hydrogen-bond donors (Lipinski definition) is 1. The quantitative estimate of drug-likeness (QED) is 0.106. The summed E-state index contributed by atoms with van der Waals surface area (Å²) in [6, 6.07) is 24.6. The van der Waals surface area contributed by atoms with E-state index in [1.54, 1.807) is 0 Å². The van der Waals surface area contributed by atoms with E-state index in [1.165, 1.54) is 120 Å². The van der Waals surface area contributed by atoms with E-state index >= 15 is 0 Å². The van der Waals surface area contributed by atoms with Gasteiger partial charge in [0.25, 0.3) is 0 Å². The fourth-order valence-corrected chi connectivity index (χ4v) is 5.64. The third-order valence-electron chi connectivity index (χ3n) is 8.16. The van der Waals surface area contributed by atoms with E-state index in [-0.39, 0.29) is 11.3 Å². The maximum Gasteiger partial charge on any atom is 0.335 e. The Balaban J connectivity index is 0.000000326. The third kappa shape index (κ3) is 16.4. The molecular weight excluding hydrogens is 530 g/mol. The van der Waals surface area contributed by atoms with Gasteiger partial charge in [-0.05, 0) is 36.5 Å². The minimum absolute atomic E-state index is 0.0846. The number of unbranched alkanes of at least 4 members (excludes halogenated alkanes) is 13. The van der Waals surface area contributed by atoms with Crippen molar-refractivity contribution in [2.75, 3.05) is 20.6 Å². The Bertz CT molecular complexity index is 1130. The van der Waals surface area contributed by atoms with Gasteiger partial charge in [-0.15, -0.1) is 5.75 Å². The Morgan fingerprint density at radius 2 is 1.09 bits per heavy atom. The summed E-state index contributed by atoms with van der Waals surface area (Å²) in [5.41, 5.74) is 2.81. The number of rotatable bonds is 20. The van der Waals surface area contributed by atoms with Crippen molar-refractivity contribution in [1.29, 1.82) is 0 Å². The number of nitrogens with zero attached hydrogens (tertiary/aromatic N) is 1. The molecule has 3 aromatic rings. The predicted molar refractivity (Wildman–Crippen MR) is 180 cm³/mol. The van der Waals surface area contributed by atoms with Crippen LogP contribution in [0, 0.1) is 0 Å². The van der Waals surface area contributed by atoms with Crippen LogP contribution in [0.25, 0.3) is 0 Å². The van der Waals surface area contributed by atoms with Crippen LogP contribution in [-0.4, -0.2) is 36.2 Å². The van der Waals surface area contributed by atoms with Crippen LogP contribution in [0.5, 0.6) is 5.75 Å². The molecule has 0 saturated carbocycles. The minimum Gasteiger partial charge on any atom is -0.872 e. The summed E-state index contributed by atoms with van der Waals surface area (Å²) in [6.45, 7) is 4.75. The molecule has 43 heavy (non-hydrogen) atoms. The fourth-order valence-electron chi connectivity index (χ4n) is 5.64. The predicted octanol–water partition coefficient (Wildman–Crippen LogP) is 9.79. The Labute approximate surface area is 262 Å². The second-order valence-corrected chi connectivity index (χ2v) is 12.6. The lowest BCUT2D eigenvalue weighted by Gasteiger charge is -2.30. The number of carbonyl (C=O) groups is 1. The van der Waals surface area contributed by atoms with Crippen molar-refractivity contribution >= 4 is 5.97 Å². The summed E-state index contributed by atoms with van der Waals surface area (Å²) in [6.07, 6.45) is 20.5.